The van der Waals surface area contributed by atoms with Crippen LogP contribution in [0.3, 0.4) is 0 Å². The second kappa shape index (κ2) is 5.39. The minimum absolute atomic E-state index is 0.255. The molecule has 0 aromatic heterocycles. The number of rotatable bonds is 4. The molecule has 0 spiro atoms. The molecular formula is C13H14O4. The van der Waals surface area contributed by atoms with Crippen molar-refractivity contribution < 1.29 is 19.1 Å². The number of carbonyl (C=O) groups is 3. The normalized spacial score (nSPS) is 10.1. The fraction of sp³-hybridized carbons (Fsp3) is 0.308. The van der Waals surface area contributed by atoms with Gasteiger partial charge in [0.2, 0.25) is 0 Å². The van der Waals surface area contributed by atoms with Crippen LogP contribution in [0.1, 0.15) is 35.7 Å². The lowest BCUT2D eigenvalue weighted by Crippen LogP contribution is -2.20. The molecule has 1 aromatic rings. The Hall–Kier alpha value is -1.97. The molecule has 0 aliphatic heterocycles. The highest BCUT2D eigenvalue weighted by atomic mass is 16.5. The van der Waals surface area contributed by atoms with Gasteiger partial charge in [0, 0.05) is 0 Å². The van der Waals surface area contributed by atoms with Crippen molar-refractivity contribution in [2.24, 2.45) is 0 Å². The van der Waals surface area contributed by atoms with Gasteiger partial charge in [-0.15, -0.1) is 0 Å². The van der Waals surface area contributed by atoms with Crippen molar-refractivity contribution in [2.45, 2.75) is 19.8 Å². The van der Waals surface area contributed by atoms with Gasteiger partial charge in [0.1, 0.15) is 17.5 Å². The van der Waals surface area contributed by atoms with Gasteiger partial charge in [-0.25, -0.2) is 4.79 Å². The summed E-state index contributed by atoms with van der Waals surface area (Å²) in [5, 5.41) is 0. The number of esters is 1. The molecule has 0 fully saturated rings. The van der Waals surface area contributed by atoms with E-state index in [1.807, 2.05) is 0 Å². The van der Waals surface area contributed by atoms with E-state index in [1.165, 1.54) is 21.0 Å². The molecule has 1 rings (SSSR count). The van der Waals surface area contributed by atoms with Gasteiger partial charge in [-0.2, -0.15) is 0 Å². The van der Waals surface area contributed by atoms with Crippen molar-refractivity contribution in [2.75, 3.05) is 7.11 Å². The van der Waals surface area contributed by atoms with Crippen LogP contribution >= 0.6 is 0 Å². The van der Waals surface area contributed by atoms with E-state index in [1.54, 1.807) is 24.3 Å². The molecule has 0 saturated heterocycles. The summed E-state index contributed by atoms with van der Waals surface area (Å²) < 4.78 is 4.63. The highest BCUT2D eigenvalue weighted by Gasteiger charge is 2.26. The molecule has 90 valence electrons. The van der Waals surface area contributed by atoms with Gasteiger partial charge in [-0.1, -0.05) is 18.2 Å². The fourth-order valence-corrected chi connectivity index (χ4v) is 1.77. The first kappa shape index (κ1) is 13.1. The molecule has 0 saturated carbocycles. The zero-order chi connectivity index (χ0) is 13.0. The number of benzene rings is 1. The molecule has 0 radical (unpaired) electrons. The van der Waals surface area contributed by atoms with E-state index >= 15 is 0 Å². The molecule has 0 bridgehead atoms. The molecule has 0 amide bonds. The number of hydrogen-bond donors (Lipinski definition) is 0. The van der Waals surface area contributed by atoms with Crippen LogP contribution in [-0.4, -0.2) is 24.6 Å². The van der Waals surface area contributed by atoms with Crippen LogP contribution < -0.4 is 0 Å². The average Bonchev–Trinajstić information content (AvgIpc) is 2.28. The number of hydrogen-bond acceptors (Lipinski definition) is 4. The first-order valence-electron chi connectivity index (χ1n) is 5.17. The first-order valence-corrected chi connectivity index (χ1v) is 5.17. The van der Waals surface area contributed by atoms with E-state index in [-0.39, 0.29) is 17.1 Å². The topological polar surface area (TPSA) is 60.4 Å². The highest BCUT2D eigenvalue weighted by molar-refractivity contribution is 6.08. The van der Waals surface area contributed by atoms with E-state index in [0.29, 0.717) is 5.56 Å². The predicted octanol–water partition coefficient (Wildman–Crippen LogP) is 1.73. The molecule has 0 N–H and O–H groups in total. The number of methoxy groups -OCH3 is 1. The van der Waals surface area contributed by atoms with Gasteiger partial charge in [-0.3, -0.25) is 9.59 Å². The van der Waals surface area contributed by atoms with Gasteiger partial charge in [0.15, 0.2) is 0 Å². The van der Waals surface area contributed by atoms with Crippen molar-refractivity contribution in [3.63, 3.8) is 0 Å². The van der Waals surface area contributed by atoms with Crippen molar-refractivity contribution in [1.82, 2.24) is 0 Å². The summed E-state index contributed by atoms with van der Waals surface area (Å²) in [5.41, 5.74) is 0.657. The number of carbonyl (C=O) groups excluding carboxylic acids is 3. The minimum atomic E-state index is -0.898. The van der Waals surface area contributed by atoms with Crippen molar-refractivity contribution >= 4 is 17.5 Å². The Morgan fingerprint density at radius 3 is 2.06 bits per heavy atom. The van der Waals surface area contributed by atoms with Gasteiger partial charge in [0.05, 0.1) is 12.7 Å². The van der Waals surface area contributed by atoms with Crippen LogP contribution in [0, 0.1) is 0 Å². The molecule has 0 heterocycles. The molecule has 1 aromatic carbocycles. The fourth-order valence-electron chi connectivity index (χ4n) is 1.77. The lowest BCUT2D eigenvalue weighted by Gasteiger charge is -2.14. The Labute approximate surface area is 99.6 Å². The highest BCUT2D eigenvalue weighted by Crippen LogP contribution is 2.22. The summed E-state index contributed by atoms with van der Waals surface area (Å²) in [6.45, 7) is 2.67. The first-order chi connectivity index (χ1) is 7.99. The Kier molecular flexibility index (Phi) is 4.15. The molecule has 4 nitrogen and oxygen atoms in total. The summed E-state index contributed by atoms with van der Waals surface area (Å²) in [6, 6.07) is 6.48. The van der Waals surface area contributed by atoms with Crippen LogP contribution in [-0.2, 0) is 14.3 Å². The maximum atomic E-state index is 11.5. The van der Waals surface area contributed by atoms with Gasteiger partial charge in [-0.05, 0) is 25.5 Å². The number of ketones is 2. The summed E-state index contributed by atoms with van der Waals surface area (Å²) in [4.78, 5) is 34.5. The van der Waals surface area contributed by atoms with E-state index in [0.717, 1.165) is 0 Å². The maximum Gasteiger partial charge on any atom is 0.338 e. The smallest absolute Gasteiger partial charge is 0.338 e. The third kappa shape index (κ3) is 2.78. The number of Topliss-reactive ketones (excluding diaryl/α,β-unsaturated/α-hetero) is 2. The van der Waals surface area contributed by atoms with Crippen LogP contribution in [0.4, 0.5) is 0 Å². The van der Waals surface area contributed by atoms with Crippen LogP contribution in [0.25, 0.3) is 0 Å². The lowest BCUT2D eigenvalue weighted by atomic mass is 9.88. The van der Waals surface area contributed by atoms with Gasteiger partial charge < -0.3 is 4.74 Å². The Balaban J connectivity index is 3.33. The van der Waals surface area contributed by atoms with Crippen LogP contribution in [0.5, 0.6) is 0 Å². The minimum Gasteiger partial charge on any atom is -0.465 e. The molecule has 17 heavy (non-hydrogen) atoms. The summed E-state index contributed by atoms with van der Waals surface area (Å²) >= 11 is 0. The number of ether oxygens (including phenoxy) is 1. The van der Waals surface area contributed by atoms with Crippen molar-refractivity contribution in [3.8, 4) is 0 Å². The van der Waals surface area contributed by atoms with E-state index in [9.17, 15) is 14.4 Å². The third-order valence-corrected chi connectivity index (χ3v) is 2.49. The van der Waals surface area contributed by atoms with Crippen LogP contribution in [0.15, 0.2) is 24.3 Å². The van der Waals surface area contributed by atoms with Crippen molar-refractivity contribution in [3.05, 3.63) is 35.4 Å². The maximum absolute atomic E-state index is 11.5. The molecule has 0 aliphatic rings. The molecule has 0 aliphatic carbocycles. The Morgan fingerprint density at radius 2 is 1.59 bits per heavy atom. The van der Waals surface area contributed by atoms with E-state index < -0.39 is 11.9 Å². The lowest BCUT2D eigenvalue weighted by molar-refractivity contribution is -0.126. The summed E-state index contributed by atoms with van der Waals surface area (Å²) in [6.07, 6.45) is 0. The van der Waals surface area contributed by atoms with Crippen LogP contribution in [0.2, 0.25) is 0 Å². The SMILES string of the molecule is COC(=O)c1ccccc1C(C(C)=O)C(C)=O. The molecule has 0 atom stereocenters. The average molecular weight is 234 g/mol. The van der Waals surface area contributed by atoms with Crippen molar-refractivity contribution in [1.29, 1.82) is 0 Å². The standard InChI is InChI=1S/C13H14O4/c1-8(14)12(9(2)15)10-6-4-5-7-11(10)13(16)17-3/h4-7,12H,1-3H3. The monoisotopic (exact) mass is 234 g/mol. The second-order valence-electron chi connectivity index (χ2n) is 3.73. The third-order valence-electron chi connectivity index (χ3n) is 2.49. The summed E-state index contributed by atoms with van der Waals surface area (Å²) in [5.74, 6) is -2.01. The summed E-state index contributed by atoms with van der Waals surface area (Å²) in [7, 11) is 1.26. The van der Waals surface area contributed by atoms with Gasteiger partial charge in [0.25, 0.3) is 0 Å². The second-order valence-corrected chi connectivity index (χ2v) is 3.73. The Morgan fingerprint density at radius 1 is 1.06 bits per heavy atom. The van der Waals surface area contributed by atoms with E-state index in [4.69, 9.17) is 0 Å². The molecular weight excluding hydrogens is 220 g/mol. The zero-order valence-corrected chi connectivity index (χ0v) is 10.0. The quantitative estimate of drug-likeness (QED) is 0.588. The zero-order valence-electron chi connectivity index (χ0n) is 10.0. The molecule has 4 heteroatoms. The Bertz CT molecular complexity index is 448. The predicted molar refractivity (Wildman–Crippen MR) is 61.9 cm³/mol. The molecule has 0 unspecified atom stereocenters. The van der Waals surface area contributed by atoms with Gasteiger partial charge >= 0.3 is 5.97 Å². The van der Waals surface area contributed by atoms with E-state index in [2.05, 4.69) is 4.74 Å². The largest absolute Gasteiger partial charge is 0.465 e.